The standard InChI is InChI=1S/C15H20N2O3S/c18-14(19)13-12-5-1-3-10(12)9-17(13)15(20)16-7-6-11-4-2-8-21-11/h2,4,8,10,12-13H,1,3,5-7,9H2,(H,16,20)(H,18,19). The lowest BCUT2D eigenvalue weighted by Crippen LogP contribution is -2.48. The Kier molecular flexibility index (Phi) is 4.14. The highest BCUT2D eigenvalue weighted by Gasteiger charge is 2.49. The monoisotopic (exact) mass is 308 g/mol. The second kappa shape index (κ2) is 6.05. The van der Waals surface area contributed by atoms with Crippen molar-refractivity contribution in [1.29, 1.82) is 0 Å². The molecular formula is C15H20N2O3S. The minimum atomic E-state index is -0.863. The van der Waals surface area contributed by atoms with Gasteiger partial charge in [0.25, 0.3) is 0 Å². The molecule has 2 fully saturated rings. The van der Waals surface area contributed by atoms with E-state index in [0.29, 0.717) is 19.0 Å². The lowest BCUT2D eigenvalue weighted by molar-refractivity contribution is -0.142. The van der Waals surface area contributed by atoms with Crippen LogP contribution in [0.4, 0.5) is 4.79 Å². The first-order valence-corrected chi connectivity index (χ1v) is 8.34. The molecule has 2 N–H and O–H groups in total. The largest absolute Gasteiger partial charge is 0.480 e. The zero-order chi connectivity index (χ0) is 14.8. The van der Waals surface area contributed by atoms with E-state index in [0.717, 1.165) is 25.7 Å². The molecule has 114 valence electrons. The first-order valence-electron chi connectivity index (χ1n) is 7.46. The van der Waals surface area contributed by atoms with Gasteiger partial charge in [-0.3, -0.25) is 0 Å². The van der Waals surface area contributed by atoms with Gasteiger partial charge >= 0.3 is 12.0 Å². The summed E-state index contributed by atoms with van der Waals surface area (Å²) in [5, 5.41) is 14.3. The van der Waals surface area contributed by atoms with E-state index in [9.17, 15) is 14.7 Å². The predicted molar refractivity (Wildman–Crippen MR) is 80.4 cm³/mol. The van der Waals surface area contributed by atoms with Crippen molar-refractivity contribution >= 4 is 23.3 Å². The average molecular weight is 308 g/mol. The van der Waals surface area contributed by atoms with Gasteiger partial charge in [0.15, 0.2) is 0 Å². The van der Waals surface area contributed by atoms with E-state index in [1.54, 1.807) is 11.3 Å². The van der Waals surface area contributed by atoms with Gasteiger partial charge in [0.2, 0.25) is 0 Å². The number of hydrogen-bond donors (Lipinski definition) is 2. The van der Waals surface area contributed by atoms with Crippen molar-refractivity contribution in [1.82, 2.24) is 10.2 Å². The number of nitrogens with zero attached hydrogens (tertiary/aromatic N) is 1. The summed E-state index contributed by atoms with van der Waals surface area (Å²) in [4.78, 5) is 26.5. The summed E-state index contributed by atoms with van der Waals surface area (Å²) in [6.45, 7) is 1.14. The molecule has 1 saturated heterocycles. The number of hydrogen-bond acceptors (Lipinski definition) is 3. The van der Waals surface area contributed by atoms with Gasteiger partial charge in [-0.25, -0.2) is 9.59 Å². The van der Waals surface area contributed by atoms with E-state index in [1.165, 1.54) is 9.78 Å². The molecule has 3 unspecified atom stereocenters. The number of rotatable bonds is 4. The van der Waals surface area contributed by atoms with E-state index in [-0.39, 0.29) is 11.9 Å². The quantitative estimate of drug-likeness (QED) is 0.896. The molecule has 1 aliphatic carbocycles. The molecule has 2 aliphatic rings. The SMILES string of the molecule is O=C(O)C1C2CCCC2CN1C(=O)NCCc1cccs1. The van der Waals surface area contributed by atoms with Gasteiger partial charge in [-0.15, -0.1) is 11.3 Å². The molecule has 3 atom stereocenters. The van der Waals surface area contributed by atoms with Crippen LogP contribution in [0.1, 0.15) is 24.1 Å². The molecule has 2 amide bonds. The van der Waals surface area contributed by atoms with E-state index in [1.807, 2.05) is 17.5 Å². The average Bonchev–Trinajstić information content (AvgIpc) is 3.13. The Labute approximate surface area is 128 Å². The number of carboxylic acid groups (broad SMARTS) is 1. The maximum Gasteiger partial charge on any atom is 0.326 e. The normalized spacial score (nSPS) is 27.6. The van der Waals surface area contributed by atoms with Crippen molar-refractivity contribution in [3.63, 3.8) is 0 Å². The van der Waals surface area contributed by atoms with Crippen molar-refractivity contribution in [3.8, 4) is 0 Å². The van der Waals surface area contributed by atoms with Crippen LogP contribution in [0.3, 0.4) is 0 Å². The Morgan fingerprint density at radius 3 is 3.00 bits per heavy atom. The molecule has 3 rings (SSSR count). The van der Waals surface area contributed by atoms with Crippen LogP contribution >= 0.6 is 11.3 Å². The topological polar surface area (TPSA) is 69.6 Å². The number of aliphatic carboxylic acids is 1. The molecular weight excluding hydrogens is 288 g/mol. The number of carboxylic acids is 1. The van der Waals surface area contributed by atoms with Crippen LogP contribution in [0.2, 0.25) is 0 Å². The van der Waals surface area contributed by atoms with E-state index in [2.05, 4.69) is 5.32 Å². The van der Waals surface area contributed by atoms with Crippen molar-refractivity contribution in [3.05, 3.63) is 22.4 Å². The molecule has 0 radical (unpaired) electrons. The van der Waals surface area contributed by atoms with Gasteiger partial charge in [-0.05, 0) is 42.5 Å². The summed E-state index contributed by atoms with van der Waals surface area (Å²) in [6.07, 6.45) is 3.86. The number of carbonyl (C=O) groups excluding carboxylic acids is 1. The fourth-order valence-electron chi connectivity index (χ4n) is 3.68. The summed E-state index contributed by atoms with van der Waals surface area (Å²) >= 11 is 1.67. The molecule has 1 aromatic heterocycles. The number of thiophene rings is 1. The summed E-state index contributed by atoms with van der Waals surface area (Å²) in [5.74, 6) is -0.350. The van der Waals surface area contributed by atoms with Crippen molar-refractivity contribution < 1.29 is 14.7 Å². The van der Waals surface area contributed by atoms with Gasteiger partial charge in [0.05, 0.1) is 0 Å². The minimum Gasteiger partial charge on any atom is -0.480 e. The van der Waals surface area contributed by atoms with Crippen molar-refractivity contribution in [2.75, 3.05) is 13.1 Å². The Bertz CT molecular complexity index is 517. The van der Waals surface area contributed by atoms with Crippen LogP contribution in [0.5, 0.6) is 0 Å². The van der Waals surface area contributed by atoms with Gasteiger partial charge in [-0.2, -0.15) is 0 Å². The number of likely N-dealkylation sites (tertiary alicyclic amines) is 1. The predicted octanol–water partition coefficient (Wildman–Crippen LogP) is 2.19. The van der Waals surface area contributed by atoms with Crippen LogP contribution in [0, 0.1) is 11.8 Å². The maximum absolute atomic E-state index is 12.3. The molecule has 2 heterocycles. The Morgan fingerprint density at radius 2 is 2.29 bits per heavy atom. The zero-order valence-corrected chi connectivity index (χ0v) is 12.6. The summed E-state index contributed by atoms with van der Waals surface area (Å²) < 4.78 is 0. The van der Waals surface area contributed by atoms with Crippen LogP contribution in [0.25, 0.3) is 0 Å². The molecule has 1 aromatic rings. The Balaban J connectivity index is 1.57. The van der Waals surface area contributed by atoms with E-state index >= 15 is 0 Å². The fraction of sp³-hybridized carbons (Fsp3) is 0.600. The number of nitrogens with one attached hydrogen (secondary N) is 1. The summed E-state index contributed by atoms with van der Waals surface area (Å²) in [7, 11) is 0. The smallest absolute Gasteiger partial charge is 0.326 e. The third kappa shape index (κ3) is 2.90. The van der Waals surface area contributed by atoms with Gasteiger partial charge in [-0.1, -0.05) is 12.5 Å². The number of amides is 2. The van der Waals surface area contributed by atoms with E-state index < -0.39 is 12.0 Å². The first-order chi connectivity index (χ1) is 10.2. The molecule has 0 bridgehead atoms. The second-order valence-corrected chi connectivity index (χ2v) is 6.88. The van der Waals surface area contributed by atoms with Crippen LogP contribution < -0.4 is 5.32 Å². The van der Waals surface area contributed by atoms with Crippen LogP contribution in [-0.2, 0) is 11.2 Å². The molecule has 1 aliphatic heterocycles. The van der Waals surface area contributed by atoms with Gasteiger partial charge in [0, 0.05) is 18.0 Å². The highest BCUT2D eigenvalue weighted by molar-refractivity contribution is 7.09. The third-order valence-corrected chi connectivity index (χ3v) is 5.57. The number of carbonyl (C=O) groups is 2. The molecule has 1 saturated carbocycles. The second-order valence-electron chi connectivity index (χ2n) is 5.85. The van der Waals surface area contributed by atoms with Crippen LogP contribution in [0.15, 0.2) is 17.5 Å². The molecule has 6 heteroatoms. The number of fused-ring (bicyclic) bond motifs is 1. The number of urea groups is 1. The molecule has 21 heavy (non-hydrogen) atoms. The van der Waals surface area contributed by atoms with Crippen molar-refractivity contribution in [2.45, 2.75) is 31.7 Å². The molecule has 0 aromatic carbocycles. The van der Waals surface area contributed by atoms with Gasteiger partial charge in [0.1, 0.15) is 6.04 Å². The summed E-state index contributed by atoms with van der Waals surface area (Å²) in [6, 6.07) is 3.16. The molecule has 5 nitrogen and oxygen atoms in total. The lowest BCUT2D eigenvalue weighted by Gasteiger charge is -2.24. The van der Waals surface area contributed by atoms with E-state index in [4.69, 9.17) is 0 Å². The van der Waals surface area contributed by atoms with Crippen molar-refractivity contribution in [2.24, 2.45) is 11.8 Å². The zero-order valence-electron chi connectivity index (χ0n) is 11.8. The lowest BCUT2D eigenvalue weighted by atomic mass is 9.94. The Morgan fingerprint density at radius 1 is 1.43 bits per heavy atom. The molecule has 0 spiro atoms. The first kappa shape index (κ1) is 14.4. The van der Waals surface area contributed by atoms with Crippen LogP contribution in [-0.4, -0.2) is 41.1 Å². The highest BCUT2D eigenvalue weighted by Crippen LogP contribution is 2.42. The minimum absolute atomic E-state index is 0.144. The third-order valence-electron chi connectivity index (χ3n) is 4.63. The Hall–Kier alpha value is -1.56. The maximum atomic E-state index is 12.3. The summed E-state index contributed by atoms with van der Waals surface area (Å²) in [5.41, 5.74) is 0. The highest BCUT2D eigenvalue weighted by atomic mass is 32.1. The fourth-order valence-corrected chi connectivity index (χ4v) is 4.39. The van der Waals surface area contributed by atoms with Gasteiger partial charge < -0.3 is 15.3 Å².